The van der Waals surface area contributed by atoms with Crippen molar-refractivity contribution in [3.8, 4) is 5.75 Å². The molecule has 0 saturated carbocycles. The number of rotatable bonds is 5. The number of nitrogens with zero attached hydrogens (tertiary/aromatic N) is 5. The van der Waals surface area contributed by atoms with E-state index in [0.717, 1.165) is 20.8 Å². The van der Waals surface area contributed by atoms with Gasteiger partial charge in [0.25, 0.3) is 0 Å². The van der Waals surface area contributed by atoms with Crippen LogP contribution in [0.15, 0.2) is 47.5 Å². The normalized spacial score (nSPS) is 15.2. The molecule has 1 aliphatic heterocycles. The Balaban J connectivity index is 1.77. The third-order valence-corrected chi connectivity index (χ3v) is 10.5. The van der Waals surface area contributed by atoms with Crippen LogP contribution in [-0.2, 0) is 6.54 Å². The molecule has 2 aromatic carbocycles. The second kappa shape index (κ2) is 10.4. The van der Waals surface area contributed by atoms with Gasteiger partial charge in [0.05, 0.1) is 0 Å². The van der Waals surface area contributed by atoms with Crippen LogP contribution in [0, 0.1) is 13.0 Å². The first-order valence-electron chi connectivity index (χ1n) is 10.2. The molecule has 2 amide bonds. The molecule has 3 rings (SSSR count). The molecule has 0 radical (unpaired) electrons. The van der Waals surface area contributed by atoms with Crippen LogP contribution in [0.5, 0.6) is 5.75 Å². The summed E-state index contributed by atoms with van der Waals surface area (Å²) in [4.78, 5) is 26.1. The van der Waals surface area contributed by atoms with Gasteiger partial charge in [0.1, 0.15) is 0 Å². The van der Waals surface area contributed by atoms with Crippen LogP contribution in [-0.4, -0.2) is 85.2 Å². The van der Waals surface area contributed by atoms with Crippen molar-refractivity contribution in [3.63, 3.8) is 0 Å². The average molecular weight is 555 g/mol. The Hall–Kier alpha value is -2.56. The molecule has 174 valence electrons. The van der Waals surface area contributed by atoms with Gasteiger partial charge in [-0.05, 0) is 0 Å². The van der Waals surface area contributed by atoms with Crippen LogP contribution in [0.4, 0.5) is 9.18 Å². The van der Waals surface area contributed by atoms with Gasteiger partial charge in [0.15, 0.2) is 0 Å². The molecule has 1 saturated heterocycles. The van der Waals surface area contributed by atoms with Crippen molar-refractivity contribution in [3.05, 3.63) is 61.0 Å². The van der Waals surface area contributed by atoms with Crippen molar-refractivity contribution in [2.24, 2.45) is 4.99 Å². The predicted octanol–water partition coefficient (Wildman–Crippen LogP) is 3.64. The second-order valence-electron chi connectivity index (χ2n) is 7.76. The van der Waals surface area contributed by atoms with Gasteiger partial charge < -0.3 is 0 Å². The molecule has 0 aromatic heterocycles. The number of amides is 2. The van der Waals surface area contributed by atoms with Crippen molar-refractivity contribution in [2.75, 3.05) is 53.6 Å². The van der Waals surface area contributed by atoms with Gasteiger partial charge in [-0.15, -0.1) is 0 Å². The molecular weight excluding hydrogens is 524 g/mol. The fourth-order valence-electron chi connectivity index (χ4n) is 3.73. The molecule has 9 heteroatoms. The zero-order valence-corrected chi connectivity index (χ0v) is 21.6. The van der Waals surface area contributed by atoms with Crippen LogP contribution in [0.2, 0.25) is 0 Å². The number of alkyl halides is 1. The molecule has 0 spiro atoms. The first-order valence-corrected chi connectivity index (χ1v) is 14.5. The maximum atomic E-state index is 14.8. The summed E-state index contributed by atoms with van der Waals surface area (Å²) >= 11 is -1.89. The minimum atomic E-state index is -1.89. The maximum absolute atomic E-state index is 14.8. The Labute approximate surface area is 196 Å². The van der Waals surface area contributed by atoms with E-state index in [9.17, 15) is 9.18 Å². The minimum absolute atomic E-state index is 0.0133. The van der Waals surface area contributed by atoms with Crippen LogP contribution in [0.25, 0.3) is 0 Å². The van der Waals surface area contributed by atoms with E-state index >= 15 is 0 Å². The molecule has 1 fully saturated rings. The molecule has 1 heterocycles. The zero-order chi connectivity index (χ0) is 23.4. The second-order valence-corrected chi connectivity index (χ2v) is 12.9. The number of halogens is 2. The fraction of sp³-hybridized carbons (Fsp3) is 0.391. The molecular formula is C23H31FIN5O2. The van der Waals surface area contributed by atoms with Gasteiger partial charge in [0.2, 0.25) is 0 Å². The molecule has 0 atom stereocenters. The Morgan fingerprint density at radius 1 is 1.16 bits per heavy atom. The number of carbonyl (C=O) groups is 1. The van der Waals surface area contributed by atoms with Crippen LogP contribution in [0.3, 0.4) is 0 Å². The number of guanidine groups is 1. The number of aliphatic imine (C=N–C) groups is 1. The van der Waals surface area contributed by atoms with Gasteiger partial charge in [-0.25, -0.2) is 0 Å². The fourth-order valence-corrected chi connectivity index (χ4v) is 7.66. The Kier molecular flexibility index (Phi) is 7.81. The first-order chi connectivity index (χ1) is 15.2. The summed E-state index contributed by atoms with van der Waals surface area (Å²) in [6, 6.07) is 13.3. The number of urea groups is 1. The van der Waals surface area contributed by atoms with Crippen molar-refractivity contribution in [2.45, 2.75) is 6.54 Å². The van der Waals surface area contributed by atoms with E-state index < -0.39 is 19.8 Å². The summed E-state index contributed by atoms with van der Waals surface area (Å²) in [5.74, 6) is 1.43. The van der Waals surface area contributed by atoms with Crippen LogP contribution >= 0.6 is 19.8 Å². The van der Waals surface area contributed by atoms with Crippen LogP contribution < -0.4 is 4.74 Å². The van der Waals surface area contributed by atoms with E-state index in [0.29, 0.717) is 19.9 Å². The number of carbonyl (C=O) groups excluding carboxylic acids is 1. The van der Waals surface area contributed by atoms with Crippen molar-refractivity contribution < 1.29 is 13.9 Å². The molecule has 0 bridgehead atoms. The van der Waals surface area contributed by atoms with Crippen molar-refractivity contribution in [1.82, 2.24) is 19.6 Å². The quantitative estimate of drug-likeness (QED) is 0.245. The monoisotopic (exact) mass is 555 g/mol. The summed E-state index contributed by atoms with van der Waals surface area (Å²) < 4.78 is 22.0. The van der Waals surface area contributed by atoms with E-state index in [4.69, 9.17) is 4.74 Å². The predicted molar refractivity (Wildman–Crippen MR) is 134 cm³/mol. The summed E-state index contributed by atoms with van der Waals surface area (Å²) in [6.45, 7) is 1.53. The van der Waals surface area contributed by atoms with Crippen LogP contribution in [0.1, 0.15) is 5.56 Å². The van der Waals surface area contributed by atoms with Crippen molar-refractivity contribution in [1.29, 1.82) is 0 Å². The number of hydrogen-bond acceptors (Lipinski definition) is 3. The van der Waals surface area contributed by atoms with Gasteiger partial charge in [-0.1, -0.05) is 0 Å². The molecule has 32 heavy (non-hydrogen) atoms. The number of methoxy groups -OCH3 is 1. The van der Waals surface area contributed by atoms with Gasteiger partial charge >= 0.3 is 197 Å². The van der Waals surface area contributed by atoms with E-state index in [1.165, 1.54) is 3.57 Å². The van der Waals surface area contributed by atoms with E-state index in [-0.39, 0.29) is 11.8 Å². The molecule has 7 nitrogen and oxygen atoms in total. The average Bonchev–Trinajstić information content (AvgIpc) is 2.78. The number of hydrogen-bond donors (Lipinski definition) is 0. The Morgan fingerprint density at radius 3 is 2.34 bits per heavy atom. The van der Waals surface area contributed by atoms with E-state index in [2.05, 4.69) is 9.92 Å². The first kappa shape index (κ1) is 24.1. The van der Waals surface area contributed by atoms with Gasteiger partial charge in [-0.3, -0.25) is 0 Å². The number of benzene rings is 2. The van der Waals surface area contributed by atoms with E-state index in [1.807, 2.05) is 53.2 Å². The molecule has 1 aliphatic rings. The molecule has 2 aromatic rings. The molecule has 0 N–H and O–H groups in total. The third-order valence-electron chi connectivity index (χ3n) is 5.33. The molecule has 0 aliphatic carbocycles. The van der Waals surface area contributed by atoms with E-state index in [1.54, 1.807) is 44.1 Å². The summed E-state index contributed by atoms with van der Waals surface area (Å²) in [5, 5.41) is 0. The summed E-state index contributed by atoms with van der Waals surface area (Å²) in [7, 11) is 8.90. The Morgan fingerprint density at radius 2 is 1.78 bits per heavy atom. The SMILES string of the molecule is CN=C(N(C)Cc1ccc(F)c(I(C)c2ccc(OC)cc2)c1)N1CN(C)C(=O)N(C)C1. The summed E-state index contributed by atoms with van der Waals surface area (Å²) in [6.07, 6.45) is 0. The molecule has 0 unspecified atom stereocenters. The van der Waals surface area contributed by atoms with Gasteiger partial charge in [0, 0.05) is 0 Å². The zero-order valence-electron chi connectivity index (χ0n) is 19.5. The number of ether oxygens (including phenoxy) is 1. The van der Waals surface area contributed by atoms with Crippen molar-refractivity contribution >= 4 is 31.8 Å². The summed E-state index contributed by atoms with van der Waals surface area (Å²) in [5.41, 5.74) is 1.03. The third kappa shape index (κ3) is 5.25. The standard InChI is InChI=1S/C23H31FIN5O2/c1-25(18-8-10-19(32-6)11-9-18)21-13-17(7-12-20(21)24)14-27(3)22(26-2)30-15-28(4)23(31)29(5)16-30/h7-13H,14-16H2,1-6H3. The Bertz CT molecular complexity index is 971. The topological polar surface area (TPSA) is 51.6 Å². The van der Waals surface area contributed by atoms with Gasteiger partial charge in [-0.2, -0.15) is 0 Å².